The van der Waals surface area contributed by atoms with Gasteiger partial charge in [0.2, 0.25) is 0 Å². The zero-order valence-electron chi connectivity index (χ0n) is 15.6. The van der Waals surface area contributed by atoms with Crippen LogP contribution in [0.3, 0.4) is 0 Å². The molecule has 1 amide bonds. The van der Waals surface area contributed by atoms with Crippen LogP contribution in [0.2, 0.25) is 0 Å². The van der Waals surface area contributed by atoms with Crippen molar-refractivity contribution in [2.75, 3.05) is 6.61 Å². The van der Waals surface area contributed by atoms with Crippen LogP contribution in [0.4, 0.5) is 0 Å². The van der Waals surface area contributed by atoms with E-state index in [9.17, 15) is 25.1 Å². The summed E-state index contributed by atoms with van der Waals surface area (Å²) in [5, 5.41) is 40.8. The summed E-state index contributed by atoms with van der Waals surface area (Å²) in [6, 6.07) is 14.4. The van der Waals surface area contributed by atoms with Crippen molar-refractivity contribution >= 4 is 22.6 Å². The number of carbonyl (C=O) groups excluding carboxylic acids is 1. The molecule has 0 unspecified atom stereocenters. The van der Waals surface area contributed by atoms with E-state index in [1.807, 2.05) is 12.1 Å². The molecule has 0 saturated carbocycles. The molecule has 0 fully saturated rings. The fraction of sp³-hybridized carbons (Fsp3) is 0.143. The van der Waals surface area contributed by atoms with Crippen LogP contribution in [0.1, 0.15) is 22.6 Å². The maximum atomic E-state index is 12.5. The predicted molar refractivity (Wildman–Crippen MR) is 105 cm³/mol. The van der Waals surface area contributed by atoms with E-state index in [4.69, 9.17) is 9.84 Å². The molecule has 1 heterocycles. The second-order valence-corrected chi connectivity index (χ2v) is 6.34. The molecule has 3 aromatic rings. The van der Waals surface area contributed by atoms with Gasteiger partial charge in [0.05, 0.1) is 19.1 Å². The number of carbonyl (C=O) groups is 2. The summed E-state index contributed by atoms with van der Waals surface area (Å²) in [5.74, 6) is -1.60. The standard InChI is InChI=1S/C21H17N3O6/c22-10-17-16-9-14(30-13-4-2-1-3-5-13)6-7-15(16)20(28)19(24-17)21(29)23-12(11-25)8-18(26)27/h1-7,9,12,25,28H,8,11H2,(H,23,29)(H,26,27)/t12-/m1/s1. The fourth-order valence-electron chi connectivity index (χ4n) is 2.84. The maximum Gasteiger partial charge on any atom is 0.305 e. The Kier molecular flexibility index (Phi) is 6.10. The van der Waals surface area contributed by atoms with Crippen molar-refractivity contribution in [3.05, 3.63) is 59.9 Å². The van der Waals surface area contributed by atoms with Crippen molar-refractivity contribution in [2.45, 2.75) is 12.5 Å². The van der Waals surface area contributed by atoms with Gasteiger partial charge in [0.1, 0.15) is 23.3 Å². The number of aliphatic hydroxyl groups is 1. The van der Waals surface area contributed by atoms with Gasteiger partial charge in [-0.05, 0) is 30.3 Å². The number of aromatic nitrogens is 1. The molecule has 0 aliphatic heterocycles. The summed E-state index contributed by atoms with van der Waals surface area (Å²) >= 11 is 0. The maximum absolute atomic E-state index is 12.5. The monoisotopic (exact) mass is 407 g/mol. The molecule has 3 rings (SSSR count). The molecule has 9 nitrogen and oxygen atoms in total. The van der Waals surface area contributed by atoms with Gasteiger partial charge < -0.3 is 25.4 Å². The third-order valence-electron chi connectivity index (χ3n) is 4.23. The third-order valence-corrected chi connectivity index (χ3v) is 4.23. The van der Waals surface area contributed by atoms with Gasteiger partial charge in [-0.1, -0.05) is 18.2 Å². The van der Waals surface area contributed by atoms with Crippen molar-refractivity contribution in [1.29, 1.82) is 5.26 Å². The van der Waals surface area contributed by atoms with E-state index in [-0.39, 0.29) is 16.5 Å². The van der Waals surface area contributed by atoms with E-state index >= 15 is 0 Å². The summed E-state index contributed by atoms with van der Waals surface area (Å²) in [6.45, 7) is -0.613. The summed E-state index contributed by atoms with van der Waals surface area (Å²) in [5.41, 5.74) is -0.565. The van der Waals surface area contributed by atoms with Crippen LogP contribution in [0.15, 0.2) is 48.5 Å². The first-order valence-corrected chi connectivity index (χ1v) is 8.86. The highest BCUT2D eigenvalue weighted by Gasteiger charge is 2.23. The van der Waals surface area contributed by atoms with Crippen LogP contribution in [-0.2, 0) is 4.79 Å². The van der Waals surface area contributed by atoms with Gasteiger partial charge in [0.25, 0.3) is 5.91 Å². The lowest BCUT2D eigenvalue weighted by molar-refractivity contribution is -0.137. The zero-order valence-corrected chi connectivity index (χ0v) is 15.6. The van der Waals surface area contributed by atoms with Crippen LogP contribution >= 0.6 is 0 Å². The van der Waals surface area contributed by atoms with Crippen LogP contribution in [-0.4, -0.2) is 44.8 Å². The lowest BCUT2D eigenvalue weighted by Crippen LogP contribution is -2.39. The van der Waals surface area contributed by atoms with E-state index in [0.717, 1.165) is 0 Å². The highest BCUT2D eigenvalue weighted by atomic mass is 16.5. The Morgan fingerprint density at radius 2 is 1.87 bits per heavy atom. The molecule has 0 spiro atoms. The minimum Gasteiger partial charge on any atom is -0.505 e. The van der Waals surface area contributed by atoms with Gasteiger partial charge >= 0.3 is 5.97 Å². The van der Waals surface area contributed by atoms with Crippen molar-refractivity contribution in [2.24, 2.45) is 0 Å². The normalized spacial score (nSPS) is 11.5. The van der Waals surface area contributed by atoms with Crippen LogP contribution in [0.25, 0.3) is 10.8 Å². The molecule has 0 bridgehead atoms. The SMILES string of the molecule is N#Cc1nc(C(=O)N[C@@H](CO)CC(=O)O)c(O)c2ccc(Oc3ccccc3)cc12. The second-order valence-electron chi connectivity index (χ2n) is 6.34. The number of pyridine rings is 1. The Morgan fingerprint density at radius 3 is 2.50 bits per heavy atom. The smallest absolute Gasteiger partial charge is 0.305 e. The Bertz CT molecular complexity index is 1140. The third kappa shape index (κ3) is 4.45. The molecule has 0 aliphatic carbocycles. The van der Waals surface area contributed by atoms with E-state index in [0.29, 0.717) is 11.5 Å². The minimum atomic E-state index is -1.21. The molecular formula is C21H17N3O6. The molecule has 9 heteroatoms. The van der Waals surface area contributed by atoms with Gasteiger partial charge in [0.15, 0.2) is 11.4 Å². The van der Waals surface area contributed by atoms with E-state index in [1.165, 1.54) is 12.1 Å². The van der Waals surface area contributed by atoms with Crippen molar-refractivity contribution < 1.29 is 29.6 Å². The summed E-state index contributed by atoms with van der Waals surface area (Å²) in [7, 11) is 0. The predicted octanol–water partition coefficient (Wildman–Crippen LogP) is 2.17. The minimum absolute atomic E-state index is 0.120. The number of amides is 1. The molecule has 30 heavy (non-hydrogen) atoms. The number of fused-ring (bicyclic) bond motifs is 1. The number of carboxylic acids is 1. The Morgan fingerprint density at radius 1 is 1.13 bits per heavy atom. The first-order valence-electron chi connectivity index (χ1n) is 8.86. The Hall–Kier alpha value is -4.16. The first-order chi connectivity index (χ1) is 14.4. The number of nitrogens with one attached hydrogen (secondary N) is 1. The highest BCUT2D eigenvalue weighted by Crippen LogP contribution is 2.33. The van der Waals surface area contributed by atoms with Gasteiger partial charge in [-0.25, -0.2) is 4.98 Å². The van der Waals surface area contributed by atoms with Crippen molar-refractivity contribution in [3.8, 4) is 23.3 Å². The number of rotatable bonds is 7. The van der Waals surface area contributed by atoms with Gasteiger partial charge in [0, 0.05) is 10.8 Å². The van der Waals surface area contributed by atoms with Gasteiger partial charge in [-0.2, -0.15) is 5.26 Å². The molecule has 0 radical (unpaired) electrons. The number of aliphatic hydroxyl groups excluding tert-OH is 1. The molecule has 1 aromatic heterocycles. The number of aromatic hydroxyl groups is 1. The number of hydrogen-bond acceptors (Lipinski definition) is 7. The van der Waals surface area contributed by atoms with E-state index in [1.54, 1.807) is 30.3 Å². The Labute approximate surface area is 170 Å². The molecule has 0 aliphatic rings. The number of nitriles is 1. The van der Waals surface area contributed by atoms with E-state index < -0.39 is 42.4 Å². The molecular weight excluding hydrogens is 390 g/mol. The Balaban J connectivity index is 1.97. The summed E-state index contributed by atoms with van der Waals surface area (Å²) in [4.78, 5) is 27.2. The van der Waals surface area contributed by atoms with Crippen molar-refractivity contribution in [3.63, 3.8) is 0 Å². The number of para-hydroxylation sites is 1. The first kappa shape index (κ1) is 20.6. The molecule has 0 saturated heterocycles. The molecule has 1 atom stereocenters. The number of carboxylic acid groups (broad SMARTS) is 1. The second kappa shape index (κ2) is 8.89. The number of hydrogen-bond donors (Lipinski definition) is 4. The average molecular weight is 407 g/mol. The molecule has 4 N–H and O–H groups in total. The topological polar surface area (TPSA) is 153 Å². The quantitative estimate of drug-likeness (QED) is 0.465. The fourth-order valence-corrected chi connectivity index (χ4v) is 2.84. The van der Waals surface area contributed by atoms with Gasteiger partial charge in [-0.3, -0.25) is 9.59 Å². The number of aliphatic carboxylic acids is 1. The van der Waals surface area contributed by atoms with Gasteiger partial charge in [-0.15, -0.1) is 0 Å². The average Bonchev–Trinajstić information content (AvgIpc) is 2.74. The largest absolute Gasteiger partial charge is 0.505 e. The van der Waals surface area contributed by atoms with Crippen LogP contribution < -0.4 is 10.1 Å². The number of nitrogens with zero attached hydrogens (tertiary/aromatic N) is 2. The summed E-state index contributed by atoms with van der Waals surface area (Å²) in [6.07, 6.45) is -0.512. The van der Waals surface area contributed by atoms with Crippen molar-refractivity contribution in [1.82, 2.24) is 10.3 Å². The van der Waals surface area contributed by atoms with Crippen LogP contribution in [0.5, 0.6) is 17.2 Å². The number of benzene rings is 2. The van der Waals surface area contributed by atoms with Crippen LogP contribution in [0, 0.1) is 11.3 Å². The zero-order chi connectivity index (χ0) is 21.7. The molecule has 152 valence electrons. The summed E-state index contributed by atoms with van der Waals surface area (Å²) < 4.78 is 5.73. The molecule has 2 aromatic carbocycles. The highest BCUT2D eigenvalue weighted by molar-refractivity contribution is 6.03. The van der Waals surface area contributed by atoms with E-state index in [2.05, 4.69) is 10.3 Å². The number of ether oxygens (including phenoxy) is 1. The lowest BCUT2D eigenvalue weighted by Gasteiger charge is -2.15. The lowest BCUT2D eigenvalue weighted by atomic mass is 10.1.